The van der Waals surface area contributed by atoms with Crippen molar-refractivity contribution in [2.24, 2.45) is 5.92 Å². The quantitative estimate of drug-likeness (QED) is 0.873. The third-order valence-corrected chi connectivity index (χ3v) is 4.94. The van der Waals surface area contributed by atoms with Crippen LogP contribution < -0.4 is 0 Å². The van der Waals surface area contributed by atoms with Crippen molar-refractivity contribution in [1.82, 2.24) is 0 Å². The van der Waals surface area contributed by atoms with Crippen LogP contribution in [-0.4, -0.2) is 10.7 Å². The Labute approximate surface area is 117 Å². The van der Waals surface area contributed by atoms with Crippen LogP contribution in [0.5, 0.6) is 0 Å². The highest BCUT2D eigenvalue weighted by atomic mass is 79.9. The Morgan fingerprint density at radius 2 is 2.22 bits per heavy atom. The lowest BCUT2D eigenvalue weighted by atomic mass is 9.71. The molecular weight excluding hydrogens is 295 g/mol. The SMILES string of the molecule is CCC1CCCCC1(O)Cc1cc(F)ccc1Br. The first-order valence-corrected chi connectivity index (χ1v) is 7.51. The standard InChI is InChI=1S/C15H20BrFO/c1-2-12-5-3-4-8-15(12,18)10-11-9-13(17)6-7-14(11)16/h6-7,9,12,18H,2-5,8,10H2,1H3. The van der Waals surface area contributed by atoms with E-state index in [0.717, 1.165) is 35.7 Å². The zero-order valence-electron chi connectivity index (χ0n) is 10.8. The number of hydrogen-bond donors (Lipinski definition) is 1. The van der Waals surface area contributed by atoms with Gasteiger partial charge in [0, 0.05) is 10.9 Å². The molecule has 0 aromatic heterocycles. The van der Waals surface area contributed by atoms with Crippen molar-refractivity contribution in [1.29, 1.82) is 0 Å². The monoisotopic (exact) mass is 314 g/mol. The molecular formula is C15H20BrFO. The molecule has 2 atom stereocenters. The molecule has 0 aliphatic heterocycles. The van der Waals surface area contributed by atoms with E-state index in [4.69, 9.17) is 0 Å². The first-order chi connectivity index (χ1) is 8.55. The fraction of sp³-hybridized carbons (Fsp3) is 0.600. The van der Waals surface area contributed by atoms with E-state index in [1.54, 1.807) is 6.07 Å². The van der Waals surface area contributed by atoms with E-state index in [0.29, 0.717) is 12.3 Å². The van der Waals surface area contributed by atoms with Crippen LogP contribution >= 0.6 is 15.9 Å². The Morgan fingerprint density at radius 1 is 1.44 bits per heavy atom. The minimum absolute atomic E-state index is 0.236. The predicted molar refractivity (Wildman–Crippen MR) is 75.0 cm³/mol. The molecule has 18 heavy (non-hydrogen) atoms. The molecule has 0 bridgehead atoms. The zero-order chi connectivity index (χ0) is 13.2. The molecule has 0 spiro atoms. The Balaban J connectivity index is 2.22. The van der Waals surface area contributed by atoms with Crippen molar-refractivity contribution in [3.8, 4) is 0 Å². The van der Waals surface area contributed by atoms with Gasteiger partial charge in [0.1, 0.15) is 5.82 Å². The minimum atomic E-state index is -0.663. The van der Waals surface area contributed by atoms with Crippen molar-refractivity contribution in [2.45, 2.75) is 51.0 Å². The van der Waals surface area contributed by atoms with Crippen molar-refractivity contribution < 1.29 is 9.50 Å². The Bertz CT molecular complexity index is 421. The van der Waals surface area contributed by atoms with E-state index in [9.17, 15) is 9.50 Å². The molecule has 2 unspecified atom stereocenters. The van der Waals surface area contributed by atoms with Crippen molar-refractivity contribution >= 4 is 15.9 Å². The van der Waals surface area contributed by atoms with Crippen LogP contribution in [-0.2, 0) is 6.42 Å². The summed E-state index contributed by atoms with van der Waals surface area (Å²) in [5.74, 6) is 0.0991. The van der Waals surface area contributed by atoms with E-state index in [-0.39, 0.29) is 5.82 Å². The van der Waals surface area contributed by atoms with Gasteiger partial charge in [-0.15, -0.1) is 0 Å². The minimum Gasteiger partial charge on any atom is -0.389 e. The summed E-state index contributed by atoms with van der Waals surface area (Å²) in [4.78, 5) is 0. The van der Waals surface area contributed by atoms with Gasteiger partial charge >= 0.3 is 0 Å². The molecule has 1 aliphatic rings. The molecule has 1 saturated carbocycles. The van der Waals surface area contributed by atoms with E-state index in [2.05, 4.69) is 22.9 Å². The van der Waals surface area contributed by atoms with Crippen molar-refractivity contribution in [3.63, 3.8) is 0 Å². The fourth-order valence-electron chi connectivity index (χ4n) is 3.12. The van der Waals surface area contributed by atoms with Gasteiger partial charge in [0.05, 0.1) is 5.60 Å². The molecule has 1 nitrogen and oxygen atoms in total. The molecule has 0 heterocycles. The third kappa shape index (κ3) is 2.94. The van der Waals surface area contributed by atoms with E-state index in [1.165, 1.54) is 18.6 Å². The van der Waals surface area contributed by atoms with Crippen LogP contribution in [0, 0.1) is 11.7 Å². The first kappa shape index (κ1) is 14.0. The average Bonchev–Trinajstić information content (AvgIpc) is 2.34. The summed E-state index contributed by atoms with van der Waals surface area (Å²) in [6.45, 7) is 2.13. The Morgan fingerprint density at radius 3 is 2.94 bits per heavy atom. The Kier molecular flexibility index (Phi) is 4.44. The summed E-state index contributed by atoms with van der Waals surface area (Å²) < 4.78 is 14.2. The van der Waals surface area contributed by atoms with Crippen LogP contribution in [0.1, 0.15) is 44.6 Å². The van der Waals surface area contributed by atoms with Gasteiger partial charge in [-0.05, 0) is 42.5 Å². The second-order valence-corrected chi connectivity index (χ2v) is 6.22. The molecule has 0 saturated heterocycles. The summed E-state index contributed by atoms with van der Waals surface area (Å²) in [5.41, 5.74) is 0.210. The van der Waals surface area contributed by atoms with Crippen molar-refractivity contribution in [3.05, 3.63) is 34.1 Å². The topological polar surface area (TPSA) is 20.2 Å². The van der Waals surface area contributed by atoms with Crippen LogP contribution in [0.15, 0.2) is 22.7 Å². The molecule has 3 heteroatoms. The molecule has 1 fully saturated rings. The van der Waals surface area contributed by atoms with E-state index in [1.807, 2.05) is 0 Å². The van der Waals surface area contributed by atoms with Crippen LogP contribution in [0.2, 0.25) is 0 Å². The van der Waals surface area contributed by atoms with Crippen LogP contribution in [0.25, 0.3) is 0 Å². The second kappa shape index (κ2) is 5.70. The summed E-state index contributed by atoms with van der Waals surface area (Å²) in [5, 5.41) is 10.9. The second-order valence-electron chi connectivity index (χ2n) is 5.37. The molecule has 2 rings (SSSR count). The normalized spacial score (nSPS) is 28.3. The van der Waals surface area contributed by atoms with Gasteiger partial charge in [0.15, 0.2) is 0 Å². The first-order valence-electron chi connectivity index (χ1n) is 6.71. The number of aliphatic hydroxyl groups is 1. The summed E-state index contributed by atoms with van der Waals surface area (Å²) in [7, 11) is 0. The maximum atomic E-state index is 13.3. The molecule has 1 aromatic carbocycles. The lowest BCUT2D eigenvalue weighted by Gasteiger charge is -2.40. The van der Waals surface area contributed by atoms with Crippen LogP contribution in [0.4, 0.5) is 4.39 Å². The molecule has 0 radical (unpaired) electrons. The van der Waals surface area contributed by atoms with Gasteiger partial charge in [-0.1, -0.05) is 42.1 Å². The molecule has 100 valence electrons. The van der Waals surface area contributed by atoms with Gasteiger partial charge in [-0.25, -0.2) is 4.39 Å². The number of halogens is 2. The summed E-state index contributed by atoms with van der Waals surface area (Å²) in [6, 6.07) is 4.69. The largest absolute Gasteiger partial charge is 0.389 e. The number of benzene rings is 1. The number of rotatable bonds is 3. The van der Waals surface area contributed by atoms with Crippen molar-refractivity contribution in [2.75, 3.05) is 0 Å². The van der Waals surface area contributed by atoms with E-state index >= 15 is 0 Å². The maximum absolute atomic E-state index is 13.3. The molecule has 1 aromatic rings. The third-order valence-electron chi connectivity index (χ3n) is 4.17. The molecule has 1 aliphatic carbocycles. The number of hydrogen-bond acceptors (Lipinski definition) is 1. The zero-order valence-corrected chi connectivity index (χ0v) is 12.3. The highest BCUT2D eigenvalue weighted by Gasteiger charge is 2.38. The Hall–Kier alpha value is -0.410. The van der Waals surface area contributed by atoms with Gasteiger partial charge < -0.3 is 5.11 Å². The van der Waals surface area contributed by atoms with Gasteiger partial charge in [-0.2, -0.15) is 0 Å². The van der Waals surface area contributed by atoms with E-state index < -0.39 is 5.60 Å². The highest BCUT2D eigenvalue weighted by molar-refractivity contribution is 9.10. The highest BCUT2D eigenvalue weighted by Crippen LogP contribution is 2.39. The van der Waals surface area contributed by atoms with Gasteiger partial charge in [0.2, 0.25) is 0 Å². The molecule has 1 N–H and O–H groups in total. The lowest BCUT2D eigenvalue weighted by molar-refractivity contribution is -0.0492. The van der Waals surface area contributed by atoms with Gasteiger partial charge in [0.25, 0.3) is 0 Å². The maximum Gasteiger partial charge on any atom is 0.123 e. The predicted octanol–water partition coefficient (Wildman–Crippen LogP) is 4.46. The van der Waals surface area contributed by atoms with Gasteiger partial charge in [-0.3, -0.25) is 0 Å². The van der Waals surface area contributed by atoms with Crippen LogP contribution in [0.3, 0.4) is 0 Å². The average molecular weight is 315 g/mol. The lowest BCUT2D eigenvalue weighted by Crippen LogP contribution is -2.42. The molecule has 0 amide bonds. The summed E-state index contributed by atoms with van der Waals surface area (Å²) in [6.07, 6.45) is 5.72. The smallest absolute Gasteiger partial charge is 0.123 e. The summed E-state index contributed by atoms with van der Waals surface area (Å²) >= 11 is 3.45. The fourth-order valence-corrected chi connectivity index (χ4v) is 3.51.